The van der Waals surface area contributed by atoms with Gasteiger partial charge in [0.05, 0.1) is 0 Å². The first-order valence-electron chi connectivity index (χ1n) is 8.27. The zero-order chi connectivity index (χ0) is 17.1. The number of allylic oxidation sites excluding steroid dienone is 3. The Morgan fingerprint density at radius 1 is 0.792 bits per heavy atom. The molecule has 2 aromatic rings. The Kier molecular flexibility index (Phi) is 4.75. The zero-order valence-corrected chi connectivity index (χ0v) is 14.7. The van der Waals surface area contributed by atoms with Crippen LogP contribution < -0.4 is 9.47 Å². The van der Waals surface area contributed by atoms with Crippen molar-refractivity contribution in [2.24, 2.45) is 5.92 Å². The molecule has 0 aliphatic heterocycles. The first-order valence-corrected chi connectivity index (χ1v) is 8.27. The van der Waals surface area contributed by atoms with Gasteiger partial charge in [-0.3, -0.25) is 0 Å². The number of benzene rings is 2. The summed E-state index contributed by atoms with van der Waals surface area (Å²) in [6.45, 7) is 8.48. The van der Waals surface area contributed by atoms with Gasteiger partial charge in [0.25, 0.3) is 0 Å². The van der Waals surface area contributed by atoms with Gasteiger partial charge in [-0.15, -0.1) is 0 Å². The van der Waals surface area contributed by atoms with Gasteiger partial charge in [-0.25, -0.2) is 0 Å². The summed E-state index contributed by atoms with van der Waals surface area (Å²) in [6.07, 6.45) is 6.24. The van der Waals surface area contributed by atoms with Crippen molar-refractivity contribution in [1.82, 2.24) is 0 Å². The lowest BCUT2D eigenvalue weighted by Crippen LogP contribution is -2.05. The smallest absolute Gasteiger partial charge is 0.131 e. The SMILES string of the molecule is CC1=C[CH]C(Oc2cccc(Oc3ccc(C)c(C)c3)c2)=CC1C. The minimum atomic E-state index is 0.403. The molecule has 24 heavy (non-hydrogen) atoms. The lowest BCUT2D eigenvalue weighted by atomic mass is 9.96. The predicted octanol–water partition coefficient (Wildman–Crippen LogP) is 6.16. The lowest BCUT2D eigenvalue weighted by Gasteiger charge is -2.17. The molecule has 1 aliphatic carbocycles. The Morgan fingerprint density at radius 3 is 2.21 bits per heavy atom. The maximum absolute atomic E-state index is 5.98. The highest BCUT2D eigenvalue weighted by molar-refractivity contribution is 5.41. The van der Waals surface area contributed by atoms with Crippen LogP contribution in [-0.4, -0.2) is 0 Å². The highest BCUT2D eigenvalue weighted by atomic mass is 16.5. The van der Waals surface area contributed by atoms with Gasteiger partial charge in [-0.1, -0.05) is 30.7 Å². The van der Waals surface area contributed by atoms with Crippen LogP contribution in [0.2, 0.25) is 0 Å². The Balaban J connectivity index is 1.72. The molecule has 1 unspecified atom stereocenters. The third kappa shape index (κ3) is 3.88. The molecule has 1 aliphatic rings. The topological polar surface area (TPSA) is 18.5 Å². The molecular weight excluding hydrogens is 296 g/mol. The number of aryl methyl sites for hydroxylation is 2. The largest absolute Gasteiger partial charge is 0.461 e. The van der Waals surface area contributed by atoms with E-state index in [9.17, 15) is 0 Å². The van der Waals surface area contributed by atoms with Gasteiger partial charge in [0.15, 0.2) is 0 Å². The van der Waals surface area contributed by atoms with E-state index in [2.05, 4.69) is 52.0 Å². The normalized spacial score (nSPS) is 17.1. The number of hydrogen-bond donors (Lipinski definition) is 0. The van der Waals surface area contributed by atoms with Crippen LogP contribution in [0.5, 0.6) is 17.2 Å². The van der Waals surface area contributed by atoms with E-state index in [1.807, 2.05) is 36.8 Å². The van der Waals surface area contributed by atoms with Crippen molar-refractivity contribution in [3.63, 3.8) is 0 Å². The summed E-state index contributed by atoms with van der Waals surface area (Å²) in [4.78, 5) is 0. The van der Waals surface area contributed by atoms with Crippen molar-refractivity contribution in [3.05, 3.63) is 83.5 Å². The van der Waals surface area contributed by atoms with Crippen LogP contribution >= 0.6 is 0 Å². The molecule has 0 N–H and O–H groups in total. The molecule has 123 valence electrons. The molecule has 0 saturated carbocycles. The van der Waals surface area contributed by atoms with Gasteiger partial charge in [0, 0.05) is 12.5 Å². The van der Waals surface area contributed by atoms with Gasteiger partial charge in [0.1, 0.15) is 23.0 Å². The molecule has 3 rings (SSSR count). The Bertz CT molecular complexity index is 799. The van der Waals surface area contributed by atoms with Crippen LogP contribution in [0.15, 0.2) is 65.9 Å². The van der Waals surface area contributed by atoms with Gasteiger partial charge in [-0.2, -0.15) is 0 Å². The molecule has 2 aromatic carbocycles. The van der Waals surface area contributed by atoms with Crippen molar-refractivity contribution < 1.29 is 9.47 Å². The van der Waals surface area contributed by atoms with Crippen LogP contribution in [-0.2, 0) is 0 Å². The minimum absolute atomic E-state index is 0.403. The molecule has 1 atom stereocenters. The molecule has 0 aromatic heterocycles. The van der Waals surface area contributed by atoms with Crippen molar-refractivity contribution in [2.75, 3.05) is 0 Å². The fourth-order valence-electron chi connectivity index (χ4n) is 2.52. The molecule has 0 fully saturated rings. The summed E-state index contributed by atoms with van der Waals surface area (Å²) in [5.41, 5.74) is 3.82. The van der Waals surface area contributed by atoms with E-state index in [0.717, 1.165) is 23.0 Å². The molecule has 1 radical (unpaired) electrons. The first-order chi connectivity index (χ1) is 11.5. The predicted molar refractivity (Wildman–Crippen MR) is 98.4 cm³/mol. The molecule has 0 spiro atoms. The molecule has 0 saturated heterocycles. The van der Waals surface area contributed by atoms with E-state index in [-0.39, 0.29) is 0 Å². The van der Waals surface area contributed by atoms with E-state index < -0.39 is 0 Å². The van der Waals surface area contributed by atoms with Crippen LogP contribution in [0, 0.1) is 26.2 Å². The van der Waals surface area contributed by atoms with Crippen molar-refractivity contribution in [3.8, 4) is 17.2 Å². The van der Waals surface area contributed by atoms with Gasteiger partial charge < -0.3 is 9.47 Å². The fourth-order valence-corrected chi connectivity index (χ4v) is 2.52. The Morgan fingerprint density at radius 2 is 1.50 bits per heavy atom. The molecule has 2 nitrogen and oxygen atoms in total. The van der Waals surface area contributed by atoms with E-state index in [0.29, 0.717) is 5.92 Å². The van der Waals surface area contributed by atoms with Crippen molar-refractivity contribution >= 4 is 0 Å². The second-order valence-electron chi connectivity index (χ2n) is 6.36. The summed E-state index contributed by atoms with van der Waals surface area (Å²) in [5.74, 6) is 3.66. The van der Waals surface area contributed by atoms with Gasteiger partial charge in [-0.05, 0) is 68.2 Å². The molecule has 0 heterocycles. The maximum atomic E-state index is 5.98. The van der Waals surface area contributed by atoms with E-state index >= 15 is 0 Å². The monoisotopic (exact) mass is 319 g/mol. The van der Waals surface area contributed by atoms with Crippen molar-refractivity contribution in [1.29, 1.82) is 0 Å². The molecular formula is C22H23O2. The standard InChI is InChI=1S/C22H23O2/c1-15-8-10-21(12-17(15)3)23-19-6-5-7-20(14-19)24-22-11-9-16(2)18(4)13-22/h5-14,17H,1-4H3. The summed E-state index contributed by atoms with van der Waals surface area (Å²) < 4.78 is 11.9. The Labute approximate surface area is 144 Å². The van der Waals surface area contributed by atoms with Crippen LogP contribution in [0.25, 0.3) is 0 Å². The fraction of sp³-hybridized carbons (Fsp3) is 0.227. The highest BCUT2D eigenvalue weighted by Crippen LogP contribution is 2.29. The summed E-state index contributed by atoms with van der Waals surface area (Å²) in [6, 6.07) is 13.9. The second-order valence-corrected chi connectivity index (χ2v) is 6.36. The molecule has 0 bridgehead atoms. The summed E-state index contributed by atoms with van der Waals surface area (Å²) in [7, 11) is 0. The number of rotatable bonds is 4. The second kappa shape index (κ2) is 6.96. The van der Waals surface area contributed by atoms with Crippen LogP contribution in [0.1, 0.15) is 25.0 Å². The summed E-state index contributed by atoms with van der Waals surface area (Å²) >= 11 is 0. The van der Waals surface area contributed by atoms with Gasteiger partial charge in [0.2, 0.25) is 0 Å². The quantitative estimate of drug-likeness (QED) is 0.672. The average Bonchev–Trinajstić information content (AvgIpc) is 2.55. The van der Waals surface area contributed by atoms with Gasteiger partial charge >= 0.3 is 0 Å². The summed E-state index contributed by atoms with van der Waals surface area (Å²) in [5, 5.41) is 0. The maximum Gasteiger partial charge on any atom is 0.131 e. The number of ether oxygens (including phenoxy) is 2. The van der Waals surface area contributed by atoms with E-state index in [1.165, 1.54) is 16.7 Å². The van der Waals surface area contributed by atoms with E-state index in [4.69, 9.17) is 9.47 Å². The third-order valence-corrected chi connectivity index (χ3v) is 4.40. The van der Waals surface area contributed by atoms with Crippen LogP contribution in [0.4, 0.5) is 0 Å². The highest BCUT2D eigenvalue weighted by Gasteiger charge is 2.12. The van der Waals surface area contributed by atoms with Crippen LogP contribution in [0.3, 0.4) is 0 Å². The first kappa shape index (κ1) is 16.4. The number of hydrogen-bond acceptors (Lipinski definition) is 2. The zero-order valence-electron chi connectivity index (χ0n) is 14.7. The van der Waals surface area contributed by atoms with Crippen molar-refractivity contribution in [2.45, 2.75) is 27.7 Å². The molecule has 2 heteroatoms. The third-order valence-electron chi connectivity index (χ3n) is 4.40. The minimum Gasteiger partial charge on any atom is -0.461 e. The van der Waals surface area contributed by atoms with E-state index in [1.54, 1.807) is 0 Å². The Hall–Kier alpha value is -2.48. The average molecular weight is 319 g/mol. The lowest BCUT2D eigenvalue weighted by molar-refractivity contribution is 0.422. The molecule has 0 amide bonds.